The molecule has 0 saturated heterocycles. The van der Waals surface area contributed by atoms with Crippen LogP contribution in [0, 0.1) is 0 Å². The average Bonchev–Trinajstić information content (AvgIpc) is 2.41. The molecule has 0 aliphatic rings. The monoisotopic (exact) mass is 301 g/mol. The molecular formula is C15H24ClNO3. The SMILES string of the molecule is CCC(N)Cc1cc(Cl)cc(OC)c1OC(C)COC. The molecule has 0 heterocycles. The van der Waals surface area contributed by atoms with E-state index < -0.39 is 0 Å². The summed E-state index contributed by atoms with van der Waals surface area (Å²) in [6, 6.07) is 3.70. The molecule has 1 aromatic carbocycles. The summed E-state index contributed by atoms with van der Waals surface area (Å²) in [6.07, 6.45) is 1.51. The number of benzene rings is 1. The van der Waals surface area contributed by atoms with Crippen LogP contribution in [0.5, 0.6) is 11.5 Å². The van der Waals surface area contributed by atoms with Crippen LogP contribution in [0.3, 0.4) is 0 Å². The van der Waals surface area contributed by atoms with E-state index in [0.29, 0.717) is 29.5 Å². The Labute approximate surface area is 126 Å². The minimum absolute atomic E-state index is 0.0678. The fourth-order valence-corrected chi connectivity index (χ4v) is 2.19. The predicted octanol–water partition coefficient (Wildman–Crippen LogP) is 3.04. The van der Waals surface area contributed by atoms with Gasteiger partial charge in [0.2, 0.25) is 0 Å². The van der Waals surface area contributed by atoms with Crippen molar-refractivity contribution in [1.82, 2.24) is 0 Å². The minimum Gasteiger partial charge on any atom is -0.493 e. The van der Waals surface area contributed by atoms with E-state index in [2.05, 4.69) is 6.92 Å². The van der Waals surface area contributed by atoms with Gasteiger partial charge in [0.05, 0.1) is 13.7 Å². The van der Waals surface area contributed by atoms with Crippen LogP contribution in [0.1, 0.15) is 25.8 Å². The largest absolute Gasteiger partial charge is 0.493 e. The highest BCUT2D eigenvalue weighted by molar-refractivity contribution is 6.30. The van der Waals surface area contributed by atoms with Crippen molar-refractivity contribution in [2.24, 2.45) is 5.73 Å². The molecule has 5 heteroatoms. The van der Waals surface area contributed by atoms with Gasteiger partial charge < -0.3 is 19.9 Å². The topological polar surface area (TPSA) is 53.7 Å². The number of nitrogens with two attached hydrogens (primary N) is 1. The predicted molar refractivity (Wildman–Crippen MR) is 81.9 cm³/mol. The Hall–Kier alpha value is -0.970. The quantitative estimate of drug-likeness (QED) is 0.802. The van der Waals surface area contributed by atoms with E-state index in [1.165, 1.54) is 0 Å². The molecule has 0 radical (unpaired) electrons. The van der Waals surface area contributed by atoms with E-state index in [9.17, 15) is 0 Å². The molecule has 20 heavy (non-hydrogen) atoms. The third kappa shape index (κ3) is 4.85. The van der Waals surface area contributed by atoms with Crippen molar-refractivity contribution in [2.45, 2.75) is 38.8 Å². The van der Waals surface area contributed by atoms with Crippen molar-refractivity contribution in [2.75, 3.05) is 20.8 Å². The van der Waals surface area contributed by atoms with Crippen LogP contribution >= 0.6 is 11.6 Å². The molecule has 0 aliphatic carbocycles. The van der Waals surface area contributed by atoms with E-state index in [0.717, 1.165) is 12.0 Å². The van der Waals surface area contributed by atoms with Gasteiger partial charge in [-0.25, -0.2) is 0 Å². The number of hydrogen-bond acceptors (Lipinski definition) is 4. The zero-order chi connectivity index (χ0) is 15.1. The van der Waals surface area contributed by atoms with Crippen molar-refractivity contribution in [3.8, 4) is 11.5 Å². The van der Waals surface area contributed by atoms with Crippen molar-refractivity contribution >= 4 is 11.6 Å². The van der Waals surface area contributed by atoms with E-state index in [-0.39, 0.29) is 12.1 Å². The normalized spacial score (nSPS) is 13.9. The summed E-state index contributed by atoms with van der Waals surface area (Å²) < 4.78 is 16.4. The van der Waals surface area contributed by atoms with Crippen LogP contribution < -0.4 is 15.2 Å². The third-order valence-electron chi connectivity index (χ3n) is 3.04. The Kier molecular flexibility index (Phi) is 7.13. The molecule has 0 bridgehead atoms. The van der Waals surface area contributed by atoms with E-state index >= 15 is 0 Å². The Bertz CT molecular complexity index is 426. The number of rotatable bonds is 8. The first-order valence-corrected chi connectivity index (χ1v) is 7.17. The van der Waals surface area contributed by atoms with E-state index in [1.807, 2.05) is 13.0 Å². The molecule has 1 rings (SSSR count). The highest BCUT2D eigenvalue weighted by Gasteiger charge is 2.17. The molecule has 114 valence electrons. The molecule has 0 amide bonds. The molecule has 0 aromatic heterocycles. The zero-order valence-electron chi connectivity index (χ0n) is 12.6. The third-order valence-corrected chi connectivity index (χ3v) is 3.26. The summed E-state index contributed by atoms with van der Waals surface area (Å²) in [5, 5.41) is 0.617. The lowest BCUT2D eigenvalue weighted by molar-refractivity contribution is 0.0892. The lowest BCUT2D eigenvalue weighted by Crippen LogP contribution is -2.23. The van der Waals surface area contributed by atoms with Gasteiger partial charge in [-0.15, -0.1) is 0 Å². The zero-order valence-corrected chi connectivity index (χ0v) is 13.4. The molecule has 2 atom stereocenters. The van der Waals surface area contributed by atoms with Gasteiger partial charge in [-0.3, -0.25) is 0 Å². The first-order valence-electron chi connectivity index (χ1n) is 6.79. The van der Waals surface area contributed by atoms with Crippen LogP contribution in [-0.4, -0.2) is 33.0 Å². The fraction of sp³-hybridized carbons (Fsp3) is 0.600. The van der Waals surface area contributed by atoms with Gasteiger partial charge in [0.25, 0.3) is 0 Å². The average molecular weight is 302 g/mol. The summed E-state index contributed by atoms with van der Waals surface area (Å²) in [5.41, 5.74) is 7.01. The molecule has 0 fully saturated rings. The summed E-state index contributed by atoms with van der Waals surface area (Å²) in [6.45, 7) is 4.51. The van der Waals surface area contributed by atoms with Crippen LogP contribution in [0.15, 0.2) is 12.1 Å². The minimum atomic E-state index is -0.0772. The van der Waals surface area contributed by atoms with Gasteiger partial charge in [0, 0.05) is 29.8 Å². The summed E-state index contributed by atoms with van der Waals surface area (Å²) in [5.74, 6) is 1.32. The second kappa shape index (κ2) is 8.35. The molecule has 2 unspecified atom stereocenters. The van der Waals surface area contributed by atoms with Crippen molar-refractivity contribution in [1.29, 1.82) is 0 Å². The lowest BCUT2D eigenvalue weighted by Gasteiger charge is -2.21. The first kappa shape index (κ1) is 17.1. The first-order chi connectivity index (χ1) is 9.51. The maximum atomic E-state index is 6.12. The summed E-state index contributed by atoms with van der Waals surface area (Å²) in [7, 11) is 3.25. The molecule has 0 aliphatic heterocycles. The fourth-order valence-electron chi connectivity index (χ4n) is 1.96. The van der Waals surface area contributed by atoms with Gasteiger partial charge in [-0.05, 0) is 25.8 Å². The maximum Gasteiger partial charge on any atom is 0.165 e. The lowest BCUT2D eigenvalue weighted by atomic mass is 10.0. The number of ether oxygens (including phenoxy) is 3. The number of hydrogen-bond donors (Lipinski definition) is 1. The second-order valence-electron chi connectivity index (χ2n) is 4.85. The van der Waals surface area contributed by atoms with Crippen LogP contribution in [0.2, 0.25) is 5.02 Å². The van der Waals surface area contributed by atoms with E-state index in [1.54, 1.807) is 20.3 Å². The number of halogens is 1. The Morgan fingerprint density at radius 1 is 1.30 bits per heavy atom. The highest BCUT2D eigenvalue weighted by Crippen LogP contribution is 2.36. The van der Waals surface area contributed by atoms with Crippen molar-refractivity contribution in [3.63, 3.8) is 0 Å². The van der Waals surface area contributed by atoms with Gasteiger partial charge >= 0.3 is 0 Å². The van der Waals surface area contributed by atoms with Gasteiger partial charge in [0.15, 0.2) is 11.5 Å². The van der Waals surface area contributed by atoms with Crippen LogP contribution in [-0.2, 0) is 11.2 Å². The van der Waals surface area contributed by atoms with Crippen LogP contribution in [0.4, 0.5) is 0 Å². The standard InChI is InChI=1S/C15H24ClNO3/c1-5-13(17)7-11-6-12(16)8-14(19-4)15(11)20-10(2)9-18-3/h6,8,10,13H,5,7,9,17H2,1-4H3. The van der Waals surface area contributed by atoms with Crippen molar-refractivity contribution in [3.05, 3.63) is 22.7 Å². The molecule has 0 saturated carbocycles. The smallest absolute Gasteiger partial charge is 0.165 e. The maximum absolute atomic E-state index is 6.12. The summed E-state index contributed by atoms with van der Waals surface area (Å²) >= 11 is 6.12. The molecule has 2 N–H and O–H groups in total. The van der Waals surface area contributed by atoms with Gasteiger partial charge in [-0.1, -0.05) is 18.5 Å². The second-order valence-corrected chi connectivity index (χ2v) is 5.29. The Morgan fingerprint density at radius 3 is 2.55 bits per heavy atom. The van der Waals surface area contributed by atoms with Gasteiger partial charge in [-0.2, -0.15) is 0 Å². The Balaban J connectivity index is 3.08. The number of methoxy groups -OCH3 is 2. The van der Waals surface area contributed by atoms with E-state index in [4.69, 9.17) is 31.5 Å². The Morgan fingerprint density at radius 2 is 2.00 bits per heavy atom. The van der Waals surface area contributed by atoms with Gasteiger partial charge in [0.1, 0.15) is 6.10 Å². The summed E-state index contributed by atoms with van der Waals surface area (Å²) in [4.78, 5) is 0. The van der Waals surface area contributed by atoms with Crippen LogP contribution in [0.25, 0.3) is 0 Å². The molecular weight excluding hydrogens is 278 g/mol. The van der Waals surface area contributed by atoms with Crippen molar-refractivity contribution < 1.29 is 14.2 Å². The molecule has 4 nitrogen and oxygen atoms in total. The highest BCUT2D eigenvalue weighted by atomic mass is 35.5. The molecule has 1 aromatic rings. The molecule has 0 spiro atoms.